The molecule has 0 bridgehead atoms. The van der Waals surface area contributed by atoms with E-state index in [0.29, 0.717) is 38.2 Å². The van der Waals surface area contributed by atoms with Gasteiger partial charge in [-0.05, 0) is 46.5 Å². The molecule has 6 aromatic carbocycles. The van der Waals surface area contributed by atoms with Gasteiger partial charge >= 0.3 is 0 Å². The number of pyridine rings is 2. The van der Waals surface area contributed by atoms with Gasteiger partial charge in [-0.3, -0.25) is 9.59 Å². The van der Waals surface area contributed by atoms with Gasteiger partial charge in [0.05, 0.1) is 27.4 Å². The zero-order valence-electron chi connectivity index (χ0n) is 22.8. The largest absolute Gasteiger partial charge is 0.455 e. The molecule has 0 aliphatic carbocycles. The monoisotopic (exact) mass is 551 g/mol. The molecular formula is C39H21NO3. The summed E-state index contributed by atoms with van der Waals surface area (Å²) in [6.45, 7) is 0. The molecule has 0 amide bonds. The Hall–Kier alpha value is -5.74. The molecule has 43 heavy (non-hydrogen) atoms. The van der Waals surface area contributed by atoms with Crippen molar-refractivity contribution in [2.75, 3.05) is 0 Å². The highest BCUT2D eigenvalue weighted by atomic mass is 16.3. The van der Waals surface area contributed by atoms with E-state index < -0.39 is 5.41 Å². The van der Waals surface area contributed by atoms with Crippen molar-refractivity contribution in [2.45, 2.75) is 5.41 Å². The van der Waals surface area contributed by atoms with Gasteiger partial charge < -0.3 is 8.82 Å². The van der Waals surface area contributed by atoms with Crippen LogP contribution in [-0.2, 0) is 5.41 Å². The van der Waals surface area contributed by atoms with Crippen LogP contribution in [0, 0.1) is 0 Å². The number of nitrogens with zero attached hydrogens (tertiary/aromatic N) is 1. The van der Waals surface area contributed by atoms with Crippen LogP contribution in [0.3, 0.4) is 0 Å². The molecule has 4 heteroatoms. The van der Waals surface area contributed by atoms with Gasteiger partial charge in [0.25, 0.3) is 0 Å². The number of aromatic nitrogens is 1. The first-order valence-corrected chi connectivity index (χ1v) is 14.5. The van der Waals surface area contributed by atoms with Crippen molar-refractivity contribution in [1.82, 2.24) is 4.40 Å². The average molecular weight is 552 g/mol. The van der Waals surface area contributed by atoms with E-state index in [4.69, 9.17) is 4.42 Å². The SMILES string of the molecule is O=c1c2cccc3c2n2c4c(cccc4c(=O)c4c5oc6ccccc6c5cc1c42)C3(c1ccccc1)c1ccccc1. The van der Waals surface area contributed by atoms with Crippen LogP contribution in [0.5, 0.6) is 0 Å². The number of rotatable bonds is 2. The van der Waals surface area contributed by atoms with Crippen LogP contribution in [0.15, 0.2) is 141 Å². The van der Waals surface area contributed by atoms with E-state index in [1.807, 2.05) is 66.7 Å². The Morgan fingerprint density at radius 1 is 0.488 bits per heavy atom. The second-order valence-corrected chi connectivity index (χ2v) is 11.5. The fraction of sp³-hybridized carbons (Fsp3) is 0.0256. The maximum atomic E-state index is 14.7. The lowest BCUT2D eigenvalue weighted by atomic mass is 9.63. The van der Waals surface area contributed by atoms with Gasteiger partial charge in [0.1, 0.15) is 11.2 Å². The molecule has 9 aromatic rings. The van der Waals surface area contributed by atoms with E-state index in [0.717, 1.165) is 44.1 Å². The van der Waals surface area contributed by atoms with Gasteiger partial charge in [0, 0.05) is 26.9 Å². The Morgan fingerprint density at radius 2 is 1.05 bits per heavy atom. The third-order valence-electron chi connectivity index (χ3n) is 9.57. The first-order valence-electron chi connectivity index (χ1n) is 14.5. The smallest absolute Gasteiger partial charge is 0.201 e. The molecule has 0 spiro atoms. The number of hydrogen-bond donors (Lipinski definition) is 0. The number of hydrogen-bond acceptors (Lipinski definition) is 3. The zero-order chi connectivity index (χ0) is 28.4. The first-order chi connectivity index (χ1) is 21.2. The molecule has 0 saturated carbocycles. The normalized spacial score (nSPS) is 14.0. The van der Waals surface area contributed by atoms with E-state index in [-0.39, 0.29) is 10.9 Å². The van der Waals surface area contributed by atoms with E-state index >= 15 is 0 Å². The molecule has 4 nitrogen and oxygen atoms in total. The van der Waals surface area contributed by atoms with Crippen molar-refractivity contribution in [3.05, 3.63) is 170 Å². The lowest BCUT2D eigenvalue weighted by Gasteiger charge is -2.41. The number of benzene rings is 6. The second-order valence-electron chi connectivity index (χ2n) is 11.5. The minimum absolute atomic E-state index is 0.0813. The zero-order valence-corrected chi connectivity index (χ0v) is 22.8. The minimum atomic E-state index is -0.755. The molecule has 0 unspecified atom stereocenters. The average Bonchev–Trinajstić information content (AvgIpc) is 3.44. The fourth-order valence-corrected chi connectivity index (χ4v) is 7.93. The van der Waals surface area contributed by atoms with E-state index in [9.17, 15) is 9.59 Å². The Kier molecular flexibility index (Phi) is 4.13. The summed E-state index contributed by atoms with van der Waals surface area (Å²) in [5.74, 6) is 0. The topological polar surface area (TPSA) is 51.7 Å². The van der Waals surface area contributed by atoms with E-state index in [1.165, 1.54) is 0 Å². The molecule has 0 fully saturated rings. The molecule has 0 radical (unpaired) electrons. The van der Waals surface area contributed by atoms with Crippen LogP contribution >= 0.6 is 0 Å². The molecule has 0 saturated heterocycles. The molecule has 1 aliphatic rings. The lowest BCUT2D eigenvalue weighted by molar-refractivity contribution is 0.672. The third kappa shape index (κ3) is 2.55. The van der Waals surface area contributed by atoms with E-state index in [1.54, 1.807) is 0 Å². The van der Waals surface area contributed by atoms with Crippen molar-refractivity contribution in [3.8, 4) is 0 Å². The van der Waals surface area contributed by atoms with Gasteiger partial charge in [-0.1, -0.05) is 103 Å². The quantitative estimate of drug-likeness (QED) is 0.161. The Morgan fingerprint density at radius 3 is 1.70 bits per heavy atom. The predicted molar refractivity (Wildman–Crippen MR) is 173 cm³/mol. The van der Waals surface area contributed by atoms with Crippen LogP contribution in [0.2, 0.25) is 0 Å². The summed E-state index contributed by atoms with van der Waals surface area (Å²) < 4.78 is 8.58. The first kappa shape index (κ1) is 22.9. The van der Waals surface area contributed by atoms with Crippen molar-refractivity contribution >= 4 is 60.0 Å². The Labute approximate surface area is 244 Å². The van der Waals surface area contributed by atoms with Gasteiger partial charge in [-0.2, -0.15) is 0 Å². The minimum Gasteiger partial charge on any atom is -0.455 e. The lowest BCUT2D eigenvalue weighted by Crippen LogP contribution is -2.35. The molecule has 4 heterocycles. The summed E-state index contributed by atoms with van der Waals surface area (Å²) >= 11 is 0. The molecule has 10 rings (SSSR count). The van der Waals surface area contributed by atoms with Crippen LogP contribution in [0.1, 0.15) is 22.3 Å². The van der Waals surface area contributed by atoms with Crippen LogP contribution in [0.25, 0.3) is 60.0 Å². The highest BCUT2D eigenvalue weighted by Crippen LogP contribution is 2.52. The Balaban J connectivity index is 1.58. The number of fused-ring (bicyclic) bond motifs is 4. The van der Waals surface area contributed by atoms with Crippen molar-refractivity contribution in [2.24, 2.45) is 0 Å². The maximum Gasteiger partial charge on any atom is 0.201 e. The fourth-order valence-electron chi connectivity index (χ4n) is 7.93. The summed E-state index contributed by atoms with van der Waals surface area (Å²) in [6, 6.07) is 42.6. The summed E-state index contributed by atoms with van der Waals surface area (Å²) in [5.41, 5.74) is 6.71. The van der Waals surface area contributed by atoms with Gasteiger partial charge in [0.2, 0.25) is 5.43 Å². The molecule has 3 aromatic heterocycles. The number of furan rings is 1. The van der Waals surface area contributed by atoms with Gasteiger partial charge in [0.15, 0.2) is 5.43 Å². The van der Waals surface area contributed by atoms with Crippen molar-refractivity contribution in [3.63, 3.8) is 0 Å². The van der Waals surface area contributed by atoms with Crippen LogP contribution < -0.4 is 10.9 Å². The third-order valence-corrected chi connectivity index (χ3v) is 9.57. The van der Waals surface area contributed by atoms with Gasteiger partial charge in [-0.15, -0.1) is 0 Å². The molecule has 200 valence electrons. The summed E-state index contributed by atoms with van der Waals surface area (Å²) in [6.07, 6.45) is 0. The highest BCUT2D eigenvalue weighted by molar-refractivity contribution is 6.23. The molecule has 1 aliphatic heterocycles. The Bertz CT molecular complexity index is 2690. The number of para-hydroxylation sites is 3. The molecule has 0 atom stereocenters. The van der Waals surface area contributed by atoms with Gasteiger partial charge in [-0.25, -0.2) is 0 Å². The standard InChI is InChI=1S/C39H21NO3/c41-36-25-16-9-18-29-33(25)40-34-26(37(42)32-35(40)28(36)21-27-24-15-7-8-20-31(24)43-38(27)32)17-10-19-30(34)39(29,22-11-3-1-4-12-22)23-13-5-2-6-14-23/h1-21H. The van der Waals surface area contributed by atoms with Crippen molar-refractivity contribution in [1.29, 1.82) is 0 Å². The maximum absolute atomic E-state index is 14.7. The van der Waals surface area contributed by atoms with Crippen LogP contribution in [-0.4, -0.2) is 4.40 Å². The predicted octanol–water partition coefficient (Wildman–Crippen LogP) is 8.15. The van der Waals surface area contributed by atoms with Crippen molar-refractivity contribution < 1.29 is 4.42 Å². The molecule has 0 N–H and O–H groups in total. The summed E-state index contributed by atoms with van der Waals surface area (Å²) in [5, 5.41) is 3.89. The van der Waals surface area contributed by atoms with Crippen LogP contribution in [0.4, 0.5) is 0 Å². The molecular weight excluding hydrogens is 530 g/mol. The summed E-state index contributed by atoms with van der Waals surface area (Å²) in [7, 11) is 0. The summed E-state index contributed by atoms with van der Waals surface area (Å²) in [4.78, 5) is 29.3. The second kappa shape index (κ2) is 7.75. The highest BCUT2D eigenvalue weighted by Gasteiger charge is 2.44. The van der Waals surface area contributed by atoms with E-state index in [2.05, 4.69) is 65.1 Å².